The molecule has 1 unspecified atom stereocenters. The first-order valence-corrected chi connectivity index (χ1v) is 13.4. The van der Waals surface area contributed by atoms with Crippen LogP contribution in [0.2, 0.25) is 5.15 Å². The zero-order chi connectivity index (χ0) is 24.7. The molecule has 1 aromatic heterocycles. The predicted molar refractivity (Wildman–Crippen MR) is 134 cm³/mol. The second kappa shape index (κ2) is 12.6. The zero-order valence-electron chi connectivity index (χ0n) is 20.0. The van der Waals surface area contributed by atoms with Crippen molar-refractivity contribution in [1.29, 1.82) is 0 Å². The molecule has 3 amide bonds. The fourth-order valence-corrected chi connectivity index (χ4v) is 5.43. The molecule has 0 aliphatic carbocycles. The number of hydrogen-bond donors (Lipinski definition) is 1. The van der Waals surface area contributed by atoms with Crippen LogP contribution in [0.15, 0.2) is 11.2 Å². The number of hydrogen-bond acceptors (Lipinski definition) is 7. The number of primary amides is 1. The van der Waals surface area contributed by atoms with Crippen molar-refractivity contribution in [3.8, 4) is 0 Å². The molecule has 0 spiro atoms. The van der Waals surface area contributed by atoms with E-state index in [4.69, 9.17) is 17.3 Å². The number of nitrogens with zero attached hydrogens (tertiary/aromatic N) is 5. The highest BCUT2D eigenvalue weighted by Crippen LogP contribution is 2.25. The molecule has 2 saturated heterocycles. The van der Waals surface area contributed by atoms with Gasteiger partial charge < -0.3 is 20.4 Å². The summed E-state index contributed by atoms with van der Waals surface area (Å²) in [6.07, 6.45) is 4.93. The maximum atomic E-state index is 12.6. The van der Waals surface area contributed by atoms with Crippen LogP contribution in [-0.2, 0) is 14.4 Å². The normalized spacial score (nSPS) is 19.4. The molecule has 3 rings (SSSR count). The standard InChI is InChI=1S/C23H35ClN6O3S/c1-3-4-5-6-20(31)30-12-11-29(14-16(30)2)19-13-18(24)26-23(27-19)34-15-21(32)28-9-7-17(8-10-28)22(25)33/h13,16-17H,3-12,14-15H2,1-2H3,(H2,25,33). The van der Waals surface area contributed by atoms with Crippen LogP contribution >= 0.6 is 23.4 Å². The molecule has 3 heterocycles. The first kappa shape index (κ1) is 26.5. The lowest BCUT2D eigenvalue weighted by Crippen LogP contribution is -2.54. The van der Waals surface area contributed by atoms with Gasteiger partial charge in [0.25, 0.3) is 0 Å². The maximum absolute atomic E-state index is 12.6. The highest BCUT2D eigenvalue weighted by atomic mass is 35.5. The van der Waals surface area contributed by atoms with Gasteiger partial charge in [-0.05, 0) is 26.2 Å². The fourth-order valence-electron chi connectivity index (χ4n) is 4.45. The fraction of sp³-hybridized carbons (Fsp3) is 0.696. The van der Waals surface area contributed by atoms with E-state index in [-0.39, 0.29) is 35.4 Å². The Morgan fingerprint density at radius 2 is 1.85 bits per heavy atom. The lowest BCUT2D eigenvalue weighted by molar-refractivity contribution is -0.133. The van der Waals surface area contributed by atoms with Crippen LogP contribution < -0.4 is 10.6 Å². The topological polar surface area (TPSA) is 113 Å². The van der Waals surface area contributed by atoms with Crippen LogP contribution in [0.25, 0.3) is 0 Å². The first-order chi connectivity index (χ1) is 16.3. The van der Waals surface area contributed by atoms with Gasteiger partial charge in [-0.2, -0.15) is 0 Å². The van der Waals surface area contributed by atoms with Crippen LogP contribution in [0.4, 0.5) is 5.82 Å². The summed E-state index contributed by atoms with van der Waals surface area (Å²) >= 11 is 7.53. The molecule has 1 atom stereocenters. The van der Waals surface area contributed by atoms with Crippen LogP contribution in [0.1, 0.15) is 52.4 Å². The molecule has 1 aromatic rings. The Hall–Kier alpha value is -2.07. The summed E-state index contributed by atoms with van der Waals surface area (Å²) in [5.74, 6) is 0.680. The highest BCUT2D eigenvalue weighted by molar-refractivity contribution is 7.99. The number of halogens is 1. The molecule has 2 aliphatic heterocycles. The minimum absolute atomic E-state index is 0.0122. The average molecular weight is 511 g/mol. The van der Waals surface area contributed by atoms with Gasteiger partial charge in [0.05, 0.1) is 5.75 Å². The minimum atomic E-state index is -0.294. The lowest BCUT2D eigenvalue weighted by Gasteiger charge is -2.40. The highest BCUT2D eigenvalue weighted by Gasteiger charge is 2.29. The minimum Gasteiger partial charge on any atom is -0.369 e. The number of thioether (sulfide) groups is 1. The number of amides is 3. The van der Waals surface area contributed by atoms with Gasteiger partial charge in [0.2, 0.25) is 17.7 Å². The molecular formula is C23H35ClN6O3S. The van der Waals surface area contributed by atoms with Gasteiger partial charge in [-0.3, -0.25) is 14.4 Å². The molecule has 0 bridgehead atoms. The van der Waals surface area contributed by atoms with Crippen molar-refractivity contribution in [2.24, 2.45) is 11.7 Å². The number of likely N-dealkylation sites (tertiary alicyclic amines) is 1. The molecule has 2 fully saturated rings. The molecule has 9 nitrogen and oxygen atoms in total. The Morgan fingerprint density at radius 3 is 2.50 bits per heavy atom. The second-order valence-electron chi connectivity index (χ2n) is 9.02. The second-order valence-corrected chi connectivity index (χ2v) is 10.3. The Kier molecular flexibility index (Phi) is 9.82. The third-order valence-corrected chi connectivity index (χ3v) is 7.53. The van der Waals surface area contributed by atoms with E-state index in [1.165, 1.54) is 11.8 Å². The number of carbonyl (C=O) groups is 3. The van der Waals surface area contributed by atoms with E-state index in [1.807, 2.05) is 4.90 Å². The van der Waals surface area contributed by atoms with Gasteiger partial charge in [-0.1, -0.05) is 43.1 Å². The van der Waals surface area contributed by atoms with Crippen molar-refractivity contribution in [1.82, 2.24) is 19.8 Å². The van der Waals surface area contributed by atoms with Gasteiger partial charge in [-0.15, -0.1) is 0 Å². The molecule has 0 aromatic carbocycles. The Morgan fingerprint density at radius 1 is 1.12 bits per heavy atom. The number of piperazine rings is 1. The van der Waals surface area contributed by atoms with Crippen LogP contribution in [0, 0.1) is 5.92 Å². The van der Waals surface area contributed by atoms with Crippen molar-refractivity contribution >= 4 is 46.9 Å². The number of nitrogens with two attached hydrogens (primary N) is 1. The van der Waals surface area contributed by atoms with Crippen LogP contribution in [-0.4, -0.2) is 82.0 Å². The van der Waals surface area contributed by atoms with Gasteiger partial charge in [0.1, 0.15) is 11.0 Å². The van der Waals surface area contributed by atoms with Crippen molar-refractivity contribution in [2.45, 2.75) is 63.6 Å². The van der Waals surface area contributed by atoms with Gasteiger partial charge >= 0.3 is 0 Å². The van der Waals surface area contributed by atoms with E-state index < -0.39 is 0 Å². The lowest BCUT2D eigenvalue weighted by atomic mass is 9.96. The van der Waals surface area contributed by atoms with Crippen molar-refractivity contribution in [3.05, 3.63) is 11.2 Å². The third-order valence-electron chi connectivity index (χ3n) is 6.50. The number of unbranched alkanes of at least 4 members (excludes halogenated alkanes) is 2. The summed E-state index contributed by atoms with van der Waals surface area (Å²) in [6.45, 7) is 7.26. The Labute approximate surface area is 210 Å². The van der Waals surface area contributed by atoms with E-state index in [1.54, 1.807) is 11.0 Å². The molecule has 34 heavy (non-hydrogen) atoms. The summed E-state index contributed by atoms with van der Waals surface area (Å²) in [6, 6.07) is 1.81. The van der Waals surface area contributed by atoms with E-state index in [0.717, 1.165) is 19.3 Å². The van der Waals surface area contributed by atoms with E-state index in [9.17, 15) is 14.4 Å². The number of rotatable bonds is 9. The van der Waals surface area contributed by atoms with Crippen LogP contribution in [0.3, 0.4) is 0 Å². The van der Waals surface area contributed by atoms with E-state index >= 15 is 0 Å². The van der Waals surface area contributed by atoms with Crippen molar-refractivity contribution < 1.29 is 14.4 Å². The monoisotopic (exact) mass is 510 g/mol. The Balaban J connectivity index is 1.53. The Bertz CT molecular complexity index is 880. The van der Waals surface area contributed by atoms with Crippen molar-refractivity contribution in [2.75, 3.05) is 43.4 Å². The molecular weight excluding hydrogens is 476 g/mol. The van der Waals surface area contributed by atoms with Gasteiger partial charge in [0.15, 0.2) is 5.16 Å². The van der Waals surface area contributed by atoms with Crippen LogP contribution in [0.5, 0.6) is 0 Å². The predicted octanol–water partition coefficient (Wildman–Crippen LogP) is 2.56. The number of anilines is 1. The van der Waals surface area contributed by atoms with E-state index in [0.29, 0.717) is 68.1 Å². The first-order valence-electron chi connectivity index (χ1n) is 12.1. The molecule has 188 valence electrons. The molecule has 2 N–H and O–H groups in total. The third kappa shape index (κ3) is 7.21. The van der Waals surface area contributed by atoms with E-state index in [2.05, 4.69) is 28.7 Å². The number of aromatic nitrogens is 2. The smallest absolute Gasteiger partial charge is 0.233 e. The number of piperidine rings is 1. The molecule has 11 heteroatoms. The quantitative estimate of drug-likeness (QED) is 0.235. The molecule has 2 aliphatic rings. The summed E-state index contributed by atoms with van der Waals surface area (Å²) in [5, 5.41) is 0.779. The average Bonchev–Trinajstić information content (AvgIpc) is 2.82. The largest absolute Gasteiger partial charge is 0.369 e. The molecule has 0 saturated carbocycles. The summed E-state index contributed by atoms with van der Waals surface area (Å²) in [5.41, 5.74) is 5.37. The summed E-state index contributed by atoms with van der Waals surface area (Å²) < 4.78 is 0. The molecule has 0 radical (unpaired) electrons. The maximum Gasteiger partial charge on any atom is 0.233 e. The van der Waals surface area contributed by atoms with Gasteiger partial charge in [0, 0.05) is 57.2 Å². The van der Waals surface area contributed by atoms with Gasteiger partial charge in [-0.25, -0.2) is 9.97 Å². The number of carbonyl (C=O) groups excluding carboxylic acids is 3. The summed E-state index contributed by atoms with van der Waals surface area (Å²) in [7, 11) is 0. The van der Waals surface area contributed by atoms with Crippen molar-refractivity contribution in [3.63, 3.8) is 0 Å². The summed E-state index contributed by atoms with van der Waals surface area (Å²) in [4.78, 5) is 51.3. The zero-order valence-corrected chi connectivity index (χ0v) is 21.6. The SMILES string of the molecule is CCCCCC(=O)N1CCN(c2cc(Cl)nc(SCC(=O)N3CCC(C(N)=O)CC3)n2)CC1C.